The summed E-state index contributed by atoms with van der Waals surface area (Å²) in [6, 6.07) is 4.76. The number of amides is 1. The van der Waals surface area contributed by atoms with E-state index in [-0.39, 0.29) is 12.5 Å². The molecule has 1 aromatic rings. The molecule has 9 heteroatoms. The SMILES string of the molecule is CCN1CCN(C(=O)[C@@H]2CN(S(C)(=O)=O)c3cc(Cl)ccc3O2)CC1. The summed E-state index contributed by atoms with van der Waals surface area (Å²) in [5, 5.41) is 0.413. The normalized spacial score (nSPS) is 21.6. The Balaban J connectivity index is 1.82. The number of piperazine rings is 1. The van der Waals surface area contributed by atoms with Gasteiger partial charge in [-0.1, -0.05) is 18.5 Å². The van der Waals surface area contributed by atoms with Crippen LogP contribution in [0.4, 0.5) is 5.69 Å². The molecule has 0 radical (unpaired) electrons. The lowest BCUT2D eigenvalue weighted by Gasteiger charge is -2.39. The van der Waals surface area contributed by atoms with Gasteiger partial charge in [-0.05, 0) is 24.7 Å². The number of hydrogen-bond donors (Lipinski definition) is 0. The van der Waals surface area contributed by atoms with Gasteiger partial charge in [0, 0.05) is 31.2 Å². The molecule has 1 atom stereocenters. The molecule has 0 N–H and O–H groups in total. The maximum atomic E-state index is 12.8. The highest BCUT2D eigenvalue weighted by molar-refractivity contribution is 7.92. The Labute approximate surface area is 153 Å². The van der Waals surface area contributed by atoms with Crippen molar-refractivity contribution < 1.29 is 17.9 Å². The average molecular weight is 388 g/mol. The Hall–Kier alpha value is -1.51. The van der Waals surface area contributed by atoms with E-state index in [0.29, 0.717) is 29.5 Å². The van der Waals surface area contributed by atoms with Crippen LogP contribution < -0.4 is 9.04 Å². The third-order valence-corrected chi connectivity index (χ3v) is 5.98. The number of likely N-dealkylation sites (N-methyl/N-ethyl adjacent to an activating group) is 1. The molecule has 2 heterocycles. The van der Waals surface area contributed by atoms with Gasteiger partial charge in [0.05, 0.1) is 18.5 Å². The van der Waals surface area contributed by atoms with Crippen LogP contribution in [-0.4, -0.2) is 75.8 Å². The van der Waals surface area contributed by atoms with Crippen LogP contribution in [0.1, 0.15) is 6.92 Å². The first-order chi connectivity index (χ1) is 11.8. The highest BCUT2D eigenvalue weighted by atomic mass is 35.5. The number of sulfonamides is 1. The van der Waals surface area contributed by atoms with Gasteiger partial charge in [0.1, 0.15) is 5.75 Å². The molecular formula is C16H22ClN3O4S. The first-order valence-corrected chi connectivity index (χ1v) is 10.5. The van der Waals surface area contributed by atoms with Gasteiger partial charge in [-0.15, -0.1) is 0 Å². The second kappa shape index (κ2) is 7.01. The van der Waals surface area contributed by atoms with Gasteiger partial charge in [0.15, 0.2) is 6.10 Å². The van der Waals surface area contributed by atoms with Crippen molar-refractivity contribution in [2.45, 2.75) is 13.0 Å². The number of halogens is 1. The summed E-state index contributed by atoms with van der Waals surface area (Å²) in [7, 11) is -3.55. The van der Waals surface area contributed by atoms with Crippen LogP contribution in [-0.2, 0) is 14.8 Å². The Morgan fingerprint density at radius 3 is 2.56 bits per heavy atom. The number of ether oxygens (including phenoxy) is 1. The van der Waals surface area contributed by atoms with Crippen LogP contribution in [0.25, 0.3) is 0 Å². The van der Waals surface area contributed by atoms with Crippen LogP contribution in [0.3, 0.4) is 0 Å². The van der Waals surface area contributed by atoms with Gasteiger partial charge in [-0.25, -0.2) is 8.42 Å². The quantitative estimate of drug-likeness (QED) is 0.774. The number of carbonyl (C=O) groups is 1. The van der Waals surface area contributed by atoms with Crippen molar-refractivity contribution in [1.82, 2.24) is 9.80 Å². The fourth-order valence-corrected chi connectivity index (χ4v) is 4.23. The molecule has 0 saturated carbocycles. The van der Waals surface area contributed by atoms with E-state index in [0.717, 1.165) is 25.9 Å². The second-order valence-electron chi connectivity index (χ2n) is 6.27. The fraction of sp³-hybridized carbons (Fsp3) is 0.562. The first-order valence-electron chi connectivity index (χ1n) is 8.24. The van der Waals surface area contributed by atoms with E-state index in [4.69, 9.17) is 16.3 Å². The molecule has 0 aromatic heterocycles. The van der Waals surface area contributed by atoms with Gasteiger partial charge >= 0.3 is 0 Å². The van der Waals surface area contributed by atoms with Crippen molar-refractivity contribution in [2.75, 3.05) is 49.8 Å². The molecule has 0 bridgehead atoms. The van der Waals surface area contributed by atoms with Gasteiger partial charge in [0.25, 0.3) is 5.91 Å². The van der Waals surface area contributed by atoms with Crippen molar-refractivity contribution in [2.24, 2.45) is 0 Å². The Morgan fingerprint density at radius 2 is 1.96 bits per heavy atom. The van der Waals surface area contributed by atoms with Crippen molar-refractivity contribution in [1.29, 1.82) is 0 Å². The maximum absolute atomic E-state index is 12.8. The number of anilines is 1. The molecule has 1 amide bonds. The molecule has 1 saturated heterocycles. The number of benzene rings is 1. The average Bonchev–Trinajstić information content (AvgIpc) is 2.59. The number of rotatable bonds is 3. The minimum absolute atomic E-state index is 0.0427. The first kappa shape index (κ1) is 18.3. The Morgan fingerprint density at radius 1 is 1.28 bits per heavy atom. The molecule has 0 unspecified atom stereocenters. The lowest BCUT2D eigenvalue weighted by Crippen LogP contribution is -2.56. The molecule has 2 aliphatic heterocycles. The van der Waals surface area contributed by atoms with E-state index in [1.165, 1.54) is 4.31 Å². The van der Waals surface area contributed by atoms with E-state index in [2.05, 4.69) is 11.8 Å². The van der Waals surface area contributed by atoms with Crippen molar-refractivity contribution >= 4 is 33.2 Å². The fourth-order valence-electron chi connectivity index (χ4n) is 3.16. The zero-order chi connectivity index (χ0) is 18.2. The van der Waals surface area contributed by atoms with Gasteiger partial charge < -0.3 is 14.5 Å². The van der Waals surface area contributed by atoms with Crippen molar-refractivity contribution in [3.8, 4) is 5.75 Å². The summed E-state index contributed by atoms with van der Waals surface area (Å²) in [5.74, 6) is 0.177. The lowest BCUT2D eigenvalue weighted by molar-refractivity contribution is -0.140. The molecule has 3 rings (SSSR count). The predicted molar refractivity (Wildman–Crippen MR) is 96.8 cm³/mol. The summed E-state index contributed by atoms with van der Waals surface area (Å²) in [6.45, 7) is 5.89. The number of fused-ring (bicyclic) bond motifs is 1. The predicted octanol–water partition coefficient (Wildman–Crippen LogP) is 1.03. The summed E-state index contributed by atoms with van der Waals surface area (Å²) < 4.78 is 31.4. The Bertz CT molecular complexity index is 763. The zero-order valence-electron chi connectivity index (χ0n) is 14.3. The second-order valence-corrected chi connectivity index (χ2v) is 8.62. The van der Waals surface area contributed by atoms with E-state index < -0.39 is 16.1 Å². The molecular weight excluding hydrogens is 366 g/mol. The van der Waals surface area contributed by atoms with E-state index in [9.17, 15) is 13.2 Å². The third kappa shape index (κ3) is 3.86. The maximum Gasteiger partial charge on any atom is 0.265 e. The molecule has 138 valence electrons. The minimum Gasteiger partial charge on any atom is -0.476 e. The molecule has 2 aliphatic rings. The number of hydrogen-bond acceptors (Lipinski definition) is 5. The topological polar surface area (TPSA) is 70.2 Å². The van der Waals surface area contributed by atoms with E-state index in [1.54, 1.807) is 23.1 Å². The van der Waals surface area contributed by atoms with Crippen LogP contribution in [0.5, 0.6) is 5.75 Å². The summed E-state index contributed by atoms with van der Waals surface area (Å²) in [4.78, 5) is 16.8. The molecule has 0 aliphatic carbocycles. The highest BCUT2D eigenvalue weighted by Gasteiger charge is 2.37. The van der Waals surface area contributed by atoms with Crippen LogP contribution in [0.15, 0.2) is 18.2 Å². The van der Waals surface area contributed by atoms with Crippen molar-refractivity contribution in [3.63, 3.8) is 0 Å². The molecule has 1 aromatic carbocycles. The van der Waals surface area contributed by atoms with Crippen LogP contribution in [0, 0.1) is 0 Å². The van der Waals surface area contributed by atoms with Crippen LogP contribution >= 0.6 is 11.6 Å². The molecule has 0 spiro atoms. The van der Waals surface area contributed by atoms with Gasteiger partial charge in [-0.2, -0.15) is 0 Å². The summed E-state index contributed by atoms with van der Waals surface area (Å²) in [5.41, 5.74) is 0.370. The summed E-state index contributed by atoms with van der Waals surface area (Å²) in [6.07, 6.45) is 0.265. The van der Waals surface area contributed by atoms with Gasteiger partial charge in [-0.3, -0.25) is 9.10 Å². The minimum atomic E-state index is -3.55. The highest BCUT2D eigenvalue weighted by Crippen LogP contribution is 2.37. The third-order valence-electron chi connectivity index (χ3n) is 4.60. The zero-order valence-corrected chi connectivity index (χ0v) is 15.9. The van der Waals surface area contributed by atoms with E-state index in [1.807, 2.05) is 0 Å². The number of nitrogens with zero attached hydrogens (tertiary/aromatic N) is 3. The smallest absolute Gasteiger partial charge is 0.265 e. The lowest BCUT2D eigenvalue weighted by atomic mass is 10.2. The number of carbonyl (C=O) groups excluding carboxylic acids is 1. The van der Waals surface area contributed by atoms with E-state index >= 15 is 0 Å². The standard InChI is InChI=1S/C16H22ClN3O4S/c1-3-18-6-8-19(9-7-18)16(21)15-11-20(25(2,22)23)13-10-12(17)4-5-14(13)24-15/h4-5,10,15H,3,6-9,11H2,1-2H3/t15-/m0/s1. The Kier molecular flexibility index (Phi) is 5.13. The monoisotopic (exact) mass is 387 g/mol. The van der Waals surface area contributed by atoms with Gasteiger partial charge in [0.2, 0.25) is 10.0 Å². The molecule has 7 nitrogen and oxygen atoms in total. The van der Waals surface area contributed by atoms with Crippen LogP contribution in [0.2, 0.25) is 5.02 Å². The molecule has 25 heavy (non-hydrogen) atoms. The largest absolute Gasteiger partial charge is 0.476 e. The summed E-state index contributed by atoms with van der Waals surface area (Å²) >= 11 is 5.98. The molecule has 1 fully saturated rings. The van der Waals surface area contributed by atoms with Crippen molar-refractivity contribution in [3.05, 3.63) is 23.2 Å².